The molecule has 0 spiro atoms. The van der Waals surface area contributed by atoms with Gasteiger partial charge in [-0.15, -0.1) is 0 Å². The summed E-state index contributed by atoms with van der Waals surface area (Å²) in [6, 6.07) is 4.38. The van der Waals surface area contributed by atoms with Gasteiger partial charge in [-0.3, -0.25) is 0 Å². The van der Waals surface area contributed by atoms with Crippen LogP contribution in [0.4, 0.5) is 8.78 Å². The number of benzene rings is 1. The number of halogens is 2. The molecule has 0 heterocycles. The maximum Gasteiger partial charge on any atom is 0.261 e. The quantitative estimate of drug-likeness (QED) is 0.704. The number of hydrogen-bond acceptors (Lipinski definition) is 4. The van der Waals surface area contributed by atoms with Crippen molar-refractivity contribution in [1.29, 1.82) is 0 Å². The molecule has 0 fully saturated rings. The Kier molecular flexibility index (Phi) is 6.47. The zero-order valence-corrected chi connectivity index (χ0v) is 11.8. The normalized spacial score (nSPS) is 12.1. The molecule has 20 heavy (non-hydrogen) atoms. The minimum Gasteiger partial charge on any atom is -0.392 e. The molecule has 0 aromatic heterocycles. The topological polar surface area (TPSA) is 75.6 Å². The van der Waals surface area contributed by atoms with E-state index in [9.17, 15) is 17.2 Å². The molecule has 0 atom stereocenters. The molecule has 1 rings (SSSR count). The highest BCUT2D eigenvalue weighted by atomic mass is 32.2. The van der Waals surface area contributed by atoms with E-state index in [2.05, 4.69) is 9.46 Å². The number of aliphatic hydroxyl groups excluding tert-OH is 1. The SMILES string of the molecule is Cc1ccc(S(=O)(=O)NCCOCC(F)F)cc1CO. The summed E-state index contributed by atoms with van der Waals surface area (Å²) in [5.74, 6) is 0. The molecule has 0 aliphatic heterocycles. The van der Waals surface area contributed by atoms with Crippen molar-refractivity contribution in [2.24, 2.45) is 0 Å². The first-order valence-corrected chi connectivity index (χ1v) is 7.41. The molecule has 0 saturated carbocycles. The fourth-order valence-corrected chi connectivity index (χ4v) is 2.55. The molecule has 5 nitrogen and oxygen atoms in total. The van der Waals surface area contributed by atoms with Crippen LogP contribution in [0.2, 0.25) is 0 Å². The highest BCUT2D eigenvalue weighted by Crippen LogP contribution is 2.15. The average Bonchev–Trinajstić information content (AvgIpc) is 2.38. The summed E-state index contributed by atoms with van der Waals surface area (Å²) in [6.45, 7) is 0.543. The first-order valence-electron chi connectivity index (χ1n) is 5.92. The third-order valence-corrected chi connectivity index (χ3v) is 4.04. The van der Waals surface area contributed by atoms with Crippen molar-refractivity contribution in [1.82, 2.24) is 4.72 Å². The third kappa shape index (κ3) is 5.12. The number of rotatable bonds is 8. The molecule has 1 aromatic carbocycles. The Morgan fingerprint density at radius 1 is 1.40 bits per heavy atom. The molecule has 0 radical (unpaired) electrons. The van der Waals surface area contributed by atoms with Crippen LogP contribution in [0.1, 0.15) is 11.1 Å². The van der Waals surface area contributed by atoms with Gasteiger partial charge in [0.2, 0.25) is 10.0 Å². The molecule has 8 heteroatoms. The summed E-state index contributed by atoms with van der Waals surface area (Å²) in [4.78, 5) is 0.0148. The summed E-state index contributed by atoms with van der Waals surface area (Å²) >= 11 is 0. The monoisotopic (exact) mass is 309 g/mol. The molecule has 2 N–H and O–H groups in total. The van der Waals surface area contributed by atoms with Crippen molar-refractivity contribution >= 4 is 10.0 Å². The van der Waals surface area contributed by atoms with Gasteiger partial charge >= 0.3 is 0 Å². The number of sulfonamides is 1. The van der Waals surface area contributed by atoms with Gasteiger partial charge in [0.25, 0.3) is 6.43 Å². The van der Waals surface area contributed by atoms with Crippen LogP contribution in [0.5, 0.6) is 0 Å². The first-order chi connectivity index (χ1) is 9.36. The lowest BCUT2D eigenvalue weighted by atomic mass is 10.1. The summed E-state index contributed by atoms with van der Waals surface area (Å²) in [5, 5.41) is 9.10. The van der Waals surface area contributed by atoms with E-state index in [-0.39, 0.29) is 24.7 Å². The molecule has 0 unspecified atom stereocenters. The van der Waals surface area contributed by atoms with Crippen LogP contribution in [0.15, 0.2) is 23.1 Å². The Morgan fingerprint density at radius 2 is 2.10 bits per heavy atom. The maximum atomic E-state index is 11.9. The van der Waals surface area contributed by atoms with Crippen molar-refractivity contribution in [2.75, 3.05) is 19.8 Å². The van der Waals surface area contributed by atoms with Crippen molar-refractivity contribution in [2.45, 2.75) is 24.9 Å². The van der Waals surface area contributed by atoms with Crippen LogP contribution >= 0.6 is 0 Å². The number of aryl methyl sites for hydroxylation is 1. The largest absolute Gasteiger partial charge is 0.392 e. The van der Waals surface area contributed by atoms with Crippen molar-refractivity contribution in [3.05, 3.63) is 29.3 Å². The van der Waals surface area contributed by atoms with Gasteiger partial charge in [-0.25, -0.2) is 21.9 Å². The molecule has 0 amide bonds. The predicted molar refractivity (Wildman–Crippen MR) is 69.1 cm³/mol. The Morgan fingerprint density at radius 3 is 2.70 bits per heavy atom. The number of alkyl halides is 2. The van der Waals surface area contributed by atoms with Crippen molar-refractivity contribution < 1.29 is 27.0 Å². The van der Waals surface area contributed by atoms with E-state index in [4.69, 9.17) is 5.11 Å². The van der Waals surface area contributed by atoms with Crippen molar-refractivity contribution in [3.63, 3.8) is 0 Å². The minimum atomic E-state index is -3.74. The van der Waals surface area contributed by atoms with Gasteiger partial charge in [0.15, 0.2) is 0 Å². The Bertz CT molecular complexity index is 534. The summed E-state index contributed by atoms with van der Waals surface area (Å²) in [6.07, 6.45) is -2.57. The van der Waals surface area contributed by atoms with Gasteiger partial charge in [-0.1, -0.05) is 6.07 Å². The summed E-state index contributed by atoms with van der Waals surface area (Å²) in [7, 11) is -3.74. The van der Waals surface area contributed by atoms with Crippen LogP contribution in [0, 0.1) is 6.92 Å². The molecule has 1 aromatic rings. The molecular weight excluding hydrogens is 292 g/mol. The fourth-order valence-electron chi connectivity index (χ4n) is 1.49. The maximum absolute atomic E-state index is 11.9. The second-order valence-electron chi connectivity index (χ2n) is 4.11. The Hall–Kier alpha value is -1.09. The second kappa shape index (κ2) is 7.63. The first kappa shape index (κ1) is 17.0. The molecular formula is C12H17F2NO4S. The zero-order chi connectivity index (χ0) is 15.2. The van der Waals surface area contributed by atoms with Gasteiger partial charge in [0.1, 0.15) is 6.61 Å². The molecule has 0 bridgehead atoms. The van der Waals surface area contributed by atoms with Crippen LogP contribution < -0.4 is 4.72 Å². The average molecular weight is 309 g/mol. The lowest BCUT2D eigenvalue weighted by Crippen LogP contribution is -2.28. The Balaban J connectivity index is 2.60. The third-order valence-electron chi connectivity index (χ3n) is 2.58. The van der Waals surface area contributed by atoms with E-state index in [1.807, 2.05) is 0 Å². The highest BCUT2D eigenvalue weighted by molar-refractivity contribution is 7.89. The van der Waals surface area contributed by atoms with Gasteiger partial charge in [-0.2, -0.15) is 0 Å². The van der Waals surface area contributed by atoms with Crippen LogP contribution in [0.25, 0.3) is 0 Å². The van der Waals surface area contributed by atoms with Crippen LogP contribution in [0.3, 0.4) is 0 Å². The zero-order valence-electron chi connectivity index (χ0n) is 11.0. The van der Waals surface area contributed by atoms with Crippen LogP contribution in [-0.4, -0.2) is 39.7 Å². The van der Waals surface area contributed by atoms with Crippen LogP contribution in [-0.2, 0) is 21.4 Å². The summed E-state index contributed by atoms with van der Waals surface area (Å²) in [5.41, 5.74) is 1.30. The number of hydrogen-bond donors (Lipinski definition) is 2. The van der Waals surface area contributed by atoms with E-state index < -0.39 is 23.1 Å². The number of nitrogens with one attached hydrogen (secondary N) is 1. The standard InChI is InChI=1S/C12H17F2NO4S/c1-9-2-3-11(6-10(9)7-16)20(17,18)15-4-5-19-8-12(13)14/h2-3,6,12,15-16H,4-5,7-8H2,1H3. The van der Waals surface area contributed by atoms with Crippen molar-refractivity contribution in [3.8, 4) is 0 Å². The molecule has 0 saturated heterocycles. The molecule has 0 aliphatic rings. The predicted octanol–water partition coefficient (Wildman–Crippen LogP) is 1.05. The van der Waals surface area contributed by atoms with E-state index in [0.717, 1.165) is 5.56 Å². The van der Waals surface area contributed by atoms with E-state index in [0.29, 0.717) is 5.56 Å². The van der Waals surface area contributed by atoms with Gasteiger partial charge in [-0.05, 0) is 30.2 Å². The minimum absolute atomic E-state index is 0.0148. The number of aliphatic hydroxyl groups is 1. The Labute approximate surface area is 116 Å². The van der Waals surface area contributed by atoms with Gasteiger partial charge in [0, 0.05) is 6.54 Å². The second-order valence-corrected chi connectivity index (χ2v) is 5.88. The van der Waals surface area contributed by atoms with E-state index >= 15 is 0 Å². The number of ether oxygens (including phenoxy) is 1. The van der Waals surface area contributed by atoms with Gasteiger partial charge in [0.05, 0.1) is 18.1 Å². The van der Waals surface area contributed by atoms with E-state index in [1.54, 1.807) is 13.0 Å². The van der Waals surface area contributed by atoms with E-state index in [1.165, 1.54) is 12.1 Å². The lowest BCUT2D eigenvalue weighted by Gasteiger charge is -2.09. The van der Waals surface area contributed by atoms with Gasteiger partial charge < -0.3 is 9.84 Å². The lowest BCUT2D eigenvalue weighted by molar-refractivity contribution is 0.0199. The fraction of sp³-hybridized carbons (Fsp3) is 0.500. The summed E-state index contributed by atoms with van der Waals surface area (Å²) < 4.78 is 54.2. The molecule has 114 valence electrons. The highest BCUT2D eigenvalue weighted by Gasteiger charge is 2.14. The molecule has 0 aliphatic carbocycles. The smallest absolute Gasteiger partial charge is 0.261 e.